The molecule has 5 nitrogen and oxygen atoms in total. The van der Waals surface area contributed by atoms with Crippen LogP contribution >= 0.6 is 0 Å². The molecule has 0 saturated carbocycles. The van der Waals surface area contributed by atoms with Crippen molar-refractivity contribution in [1.82, 2.24) is 10.1 Å². The van der Waals surface area contributed by atoms with Gasteiger partial charge >= 0.3 is 0 Å². The molecule has 0 N–H and O–H groups in total. The van der Waals surface area contributed by atoms with E-state index in [2.05, 4.69) is 53.2 Å². The van der Waals surface area contributed by atoms with Gasteiger partial charge in [-0.25, -0.2) is 0 Å². The summed E-state index contributed by atoms with van der Waals surface area (Å²) in [6.45, 7) is 7.28. The summed E-state index contributed by atoms with van der Waals surface area (Å²) in [6.07, 6.45) is 3.49. The van der Waals surface area contributed by atoms with Crippen molar-refractivity contribution in [2.24, 2.45) is 5.92 Å². The number of rotatable bonds is 8. The highest BCUT2D eigenvalue weighted by Crippen LogP contribution is 2.26. The molecule has 0 bridgehead atoms. The zero-order valence-electron chi connectivity index (χ0n) is 17.5. The van der Waals surface area contributed by atoms with E-state index in [1.165, 1.54) is 17.7 Å². The number of ether oxygens (including phenoxy) is 1. The standard InChI is InChI=1S/C24H31N3O2/c1-3-14-26(2)21-10-8-19(9-11-21)17-27-15-12-20(13-16-27)18-28-24-22-6-4-5-7-23(22)29-25-24/h4-11,20H,3,12-18H2,1-2H3. The summed E-state index contributed by atoms with van der Waals surface area (Å²) in [7, 11) is 2.16. The smallest absolute Gasteiger partial charge is 0.262 e. The molecule has 1 aliphatic rings. The molecular weight excluding hydrogens is 362 g/mol. The van der Waals surface area contributed by atoms with Gasteiger partial charge in [0, 0.05) is 25.8 Å². The third-order valence-electron chi connectivity index (χ3n) is 5.85. The van der Waals surface area contributed by atoms with Crippen LogP contribution in [0.25, 0.3) is 11.0 Å². The Bertz CT molecular complexity index is 898. The number of anilines is 1. The minimum absolute atomic E-state index is 0.576. The van der Waals surface area contributed by atoms with Gasteiger partial charge in [-0.1, -0.05) is 31.2 Å². The maximum absolute atomic E-state index is 5.98. The zero-order valence-corrected chi connectivity index (χ0v) is 17.5. The molecule has 1 fully saturated rings. The first-order valence-corrected chi connectivity index (χ1v) is 10.7. The average Bonchev–Trinajstić information content (AvgIpc) is 3.17. The minimum Gasteiger partial charge on any atom is -0.475 e. The van der Waals surface area contributed by atoms with Crippen LogP contribution in [0.4, 0.5) is 5.69 Å². The number of benzene rings is 2. The highest BCUT2D eigenvalue weighted by molar-refractivity contribution is 5.81. The lowest BCUT2D eigenvalue weighted by atomic mass is 9.97. The van der Waals surface area contributed by atoms with Crippen molar-refractivity contribution in [3.8, 4) is 5.88 Å². The van der Waals surface area contributed by atoms with Crippen LogP contribution in [0.3, 0.4) is 0 Å². The van der Waals surface area contributed by atoms with E-state index in [1.54, 1.807) is 0 Å². The molecule has 4 rings (SSSR count). The van der Waals surface area contributed by atoms with Gasteiger partial charge in [-0.2, -0.15) is 0 Å². The second-order valence-corrected chi connectivity index (χ2v) is 8.10. The Morgan fingerprint density at radius 3 is 2.62 bits per heavy atom. The molecule has 0 atom stereocenters. The first-order chi connectivity index (χ1) is 14.2. The van der Waals surface area contributed by atoms with E-state index in [1.807, 2.05) is 24.3 Å². The van der Waals surface area contributed by atoms with Crippen LogP contribution in [-0.4, -0.2) is 43.3 Å². The van der Waals surface area contributed by atoms with Crippen molar-refractivity contribution in [3.63, 3.8) is 0 Å². The van der Waals surface area contributed by atoms with Crippen molar-refractivity contribution in [1.29, 1.82) is 0 Å². The molecule has 2 heterocycles. The largest absolute Gasteiger partial charge is 0.475 e. The third-order valence-corrected chi connectivity index (χ3v) is 5.85. The number of nitrogens with zero attached hydrogens (tertiary/aromatic N) is 3. The van der Waals surface area contributed by atoms with Gasteiger partial charge in [0.1, 0.15) is 0 Å². The molecule has 0 amide bonds. The van der Waals surface area contributed by atoms with Crippen LogP contribution in [0.2, 0.25) is 0 Å². The van der Waals surface area contributed by atoms with Crippen LogP contribution in [0.1, 0.15) is 31.7 Å². The average molecular weight is 394 g/mol. The van der Waals surface area contributed by atoms with Crippen molar-refractivity contribution >= 4 is 16.7 Å². The number of para-hydroxylation sites is 1. The SMILES string of the molecule is CCCN(C)c1ccc(CN2CCC(COc3noc4ccccc34)CC2)cc1. The van der Waals surface area contributed by atoms with E-state index in [4.69, 9.17) is 9.26 Å². The highest BCUT2D eigenvalue weighted by atomic mass is 16.5. The lowest BCUT2D eigenvalue weighted by Crippen LogP contribution is -2.35. The molecule has 0 spiro atoms. The van der Waals surface area contributed by atoms with Gasteiger partial charge in [0.25, 0.3) is 5.88 Å². The molecule has 154 valence electrons. The number of hydrogen-bond acceptors (Lipinski definition) is 5. The van der Waals surface area contributed by atoms with Crippen LogP contribution in [0.5, 0.6) is 5.88 Å². The van der Waals surface area contributed by atoms with Crippen LogP contribution < -0.4 is 9.64 Å². The molecule has 3 aromatic rings. The molecule has 1 aromatic heterocycles. The Morgan fingerprint density at radius 2 is 1.86 bits per heavy atom. The maximum atomic E-state index is 5.98. The zero-order chi connectivity index (χ0) is 20.1. The fraction of sp³-hybridized carbons (Fsp3) is 0.458. The Balaban J connectivity index is 1.23. The molecule has 1 saturated heterocycles. The summed E-state index contributed by atoms with van der Waals surface area (Å²) in [5.74, 6) is 1.20. The fourth-order valence-electron chi connectivity index (χ4n) is 4.05. The summed E-state index contributed by atoms with van der Waals surface area (Å²) in [5.41, 5.74) is 3.47. The third kappa shape index (κ3) is 4.91. The normalized spacial score (nSPS) is 15.7. The van der Waals surface area contributed by atoms with Crippen molar-refractivity contribution in [2.45, 2.75) is 32.7 Å². The van der Waals surface area contributed by atoms with Gasteiger partial charge < -0.3 is 14.2 Å². The molecule has 5 heteroatoms. The van der Waals surface area contributed by atoms with Crippen LogP contribution in [0.15, 0.2) is 53.1 Å². The number of piperidine rings is 1. The van der Waals surface area contributed by atoms with Gasteiger partial charge in [-0.05, 0) is 73.3 Å². The van der Waals surface area contributed by atoms with Crippen LogP contribution in [-0.2, 0) is 6.54 Å². The maximum Gasteiger partial charge on any atom is 0.262 e. The van der Waals surface area contributed by atoms with Gasteiger partial charge in [0.15, 0.2) is 5.58 Å². The van der Waals surface area contributed by atoms with E-state index in [0.29, 0.717) is 18.4 Å². The summed E-state index contributed by atoms with van der Waals surface area (Å²) < 4.78 is 11.3. The Morgan fingerprint density at radius 1 is 1.10 bits per heavy atom. The minimum atomic E-state index is 0.576. The number of hydrogen-bond donors (Lipinski definition) is 0. The number of likely N-dealkylation sites (tertiary alicyclic amines) is 1. The van der Waals surface area contributed by atoms with Gasteiger partial charge in [0.05, 0.1) is 12.0 Å². The van der Waals surface area contributed by atoms with Crippen molar-refractivity contribution in [3.05, 3.63) is 54.1 Å². The molecule has 0 aliphatic carbocycles. The highest BCUT2D eigenvalue weighted by Gasteiger charge is 2.21. The Kier molecular flexibility index (Phi) is 6.35. The lowest BCUT2D eigenvalue weighted by Gasteiger charge is -2.31. The first-order valence-electron chi connectivity index (χ1n) is 10.7. The molecule has 29 heavy (non-hydrogen) atoms. The molecular formula is C24H31N3O2. The van der Waals surface area contributed by atoms with Gasteiger partial charge in [-0.15, -0.1) is 0 Å². The Labute approximate surface area is 173 Å². The molecule has 0 radical (unpaired) electrons. The first kappa shape index (κ1) is 19.8. The van der Waals surface area contributed by atoms with E-state index >= 15 is 0 Å². The molecule has 1 aliphatic heterocycles. The Hall–Kier alpha value is -2.53. The summed E-state index contributed by atoms with van der Waals surface area (Å²) in [4.78, 5) is 4.86. The van der Waals surface area contributed by atoms with Crippen molar-refractivity contribution < 1.29 is 9.26 Å². The van der Waals surface area contributed by atoms with Crippen molar-refractivity contribution in [2.75, 3.05) is 38.2 Å². The summed E-state index contributed by atoms with van der Waals surface area (Å²) >= 11 is 0. The fourth-order valence-corrected chi connectivity index (χ4v) is 4.05. The quantitative estimate of drug-likeness (QED) is 0.541. The van der Waals surface area contributed by atoms with E-state index in [-0.39, 0.29) is 0 Å². The topological polar surface area (TPSA) is 41.7 Å². The second-order valence-electron chi connectivity index (χ2n) is 8.10. The van der Waals surface area contributed by atoms with Gasteiger partial charge in [0.2, 0.25) is 0 Å². The lowest BCUT2D eigenvalue weighted by molar-refractivity contribution is 0.133. The summed E-state index contributed by atoms with van der Waals surface area (Å²) in [5, 5.41) is 5.03. The number of fused-ring (bicyclic) bond motifs is 1. The van der Waals surface area contributed by atoms with E-state index in [0.717, 1.165) is 50.0 Å². The molecule has 0 unspecified atom stereocenters. The summed E-state index contributed by atoms with van der Waals surface area (Å²) in [6, 6.07) is 16.9. The monoisotopic (exact) mass is 393 g/mol. The predicted molar refractivity (Wildman–Crippen MR) is 118 cm³/mol. The second kappa shape index (κ2) is 9.31. The molecule has 2 aromatic carbocycles. The van der Waals surface area contributed by atoms with E-state index in [9.17, 15) is 0 Å². The number of aromatic nitrogens is 1. The van der Waals surface area contributed by atoms with Gasteiger partial charge in [-0.3, -0.25) is 4.90 Å². The predicted octanol–water partition coefficient (Wildman–Crippen LogP) is 4.97. The van der Waals surface area contributed by atoms with Crippen LogP contribution in [0, 0.1) is 5.92 Å². The van der Waals surface area contributed by atoms with E-state index < -0.39 is 0 Å².